The smallest absolute Gasteiger partial charge is 0.127 e. The quantitative estimate of drug-likeness (QED) is 0.844. The first-order chi connectivity index (χ1) is 10.1. The Morgan fingerprint density at radius 3 is 2.43 bits per heavy atom. The Balaban J connectivity index is 2.53. The van der Waals surface area contributed by atoms with E-state index in [1.165, 1.54) is 0 Å². The van der Waals surface area contributed by atoms with Gasteiger partial charge in [0.1, 0.15) is 11.5 Å². The van der Waals surface area contributed by atoms with Gasteiger partial charge < -0.3 is 14.8 Å². The van der Waals surface area contributed by atoms with E-state index < -0.39 is 0 Å². The highest BCUT2D eigenvalue weighted by Crippen LogP contribution is 2.36. The minimum atomic E-state index is -0.0427. The zero-order valence-corrected chi connectivity index (χ0v) is 14.5. The summed E-state index contributed by atoms with van der Waals surface area (Å²) in [6.45, 7) is 0. The maximum absolute atomic E-state index is 6.13. The second-order valence-electron chi connectivity index (χ2n) is 4.50. The number of hydrogen-bond acceptors (Lipinski definition) is 3. The molecule has 1 unspecified atom stereocenters. The maximum atomic E-state index is 6.13. The molecule has 2 rings (SSSR count). The van der Waals surface area contributed by atoms with Gasteiger partial charge in [-0.3, -0.25) is 0 Å². The Morgan fingerprint density at radius 2 is 1.81 bits per heavy atom. The van der Waals surface area contributed by atoms with E-state index in [4.69, 9.17) is 21.1 Å². The number of ether oxygens (including phenoxy) is 2. The van der Waals surface area contributed by atoms with Gasteiger partial charge in [0.05, 0.1) is 20.3 Å². The van der Waals surface area contributed by atoms with Crippen LogP contribution in [0.3, 0.4) is 0 Å². The highest BCUT2D eigenvalue weighted by Gasteiger charge is 2.19. The van der Waals surface area contributed by atoms with E-state index in [0.717, 1.165) is 27.1 Å². The standard InChI is InChI=1S/C16H17BrClNO2/c1-19-16(13-8-10(18)4-7-14(13)17)12-6-5-11(20-2)9-15(12)21-3/h4-9,16,19H,1-3H3. The molecule has 0 radical (unpaired) electrons. The van der Waals surface area contributed by atoms with Gasteiger partial charge in [0.2, 0.25) is 0 Å². The van der Waals surface area contributed by atoms with Crippen molar-refractivity contribution in [3.05, 3.63) is 57.0 Å². The molecule has 0 aliphatic heterocycles. The molecule has 2 aromatic carbocycles. The highest BCUT2D eigenvalue weighted by molar-refractivity contribution is 9.10. The van der Waals surface area contributed by atoms with Gasteiger partial charge in [-0.05, 0) is 42.9 Å². The van der Waals surface area contributed by atoms with Crippen molar-refractivity contribution in [2.75, 3.05) is 21.3 Å². The van der Waals surface area contributed by atoms with Gasteiger partial charge in [-0.2, -0.15) is 0 Å². The van der Waals surface area contributed by atoms with Gasteiger partial charge in [0.25, 0.3) is 0 Å². The second kappa shape index (κ2) is 7.16. The van der Waals surface area contributed by atoms with E-state index >= 15 is 0 Å². The first-order valence-corrected chi connectivity index (χ1v) is 7.62. The Kier molecular flexibility index (Phi) is 5.51. The Morgan fingerprint density at radius 1 is 1.05 bits per heavy atom. The third kappa shape index (κ3) is 3.51. The molecule has 0 saturated carbocycles. The molecule has 0 aliphatic carbocycles. The van der Waals surface area contributed by atoms with Crippen molar-refractivity contribution in [2.45, 2.75) is 6.04 Å². The van der Waals surface area contributed by atoms with E-state index in [1.807, 2.05) is 43.4 Å². The fraction of sp³-hybridized carbons (Fsp3) is 0.250. The molecule has 3 nitrogen and oxygen atoms in total. The van der Waals surface area contributed by atoms with E-state index in [1.54, 1.807) is 14.2 Å². The molecule has 0 heterocycles. The summed E-state index contributed by atoms with van der Waals surface area (Å²) in [5, 5.41) is 4.00. The fourth-order valence-corrected chi connectivity index (χ4v) is 2.93. The summed E-state index contributed by atoms with van der Waals surface area (Å²) in [5.41, 5.74) is 2.07. The van der Waals surface area contributed by atoms with Gasteiger partial charge in [0.15, 0.2) is 0 Å². The van der Waals surface area contributed by atoms with E-state index in [9.17, 15) is 0 Å². The van der Waals surface area contributed by atoms with Gasteiger partial charge in [-0.1, -0.05) is 27.5 Å². The predicted molar refractivity (Wildman–Crippen MR) is 89.6 cm³/mol. The molecule has 112 valence electrons. The number of benzene rings is 2. The van der Waals surface area contributed by atoms with E-state index in [0.29, 0.717) is 5.02 Å². The van der Waals surface area contributed by atoms with E-state index in [-0.39, 0.29) is 6.04 Å². The van der Waals surface area contributed by atoms with Crippen LogP contribution in [0.5, 0.6) is 11.5 Å². The number of methoxy groups -OCH3 is 2. The summed E-state index contributed by atoms with van der Waals surface area (Å²) in [6.07, 6.45) is 0. The van der Waals surface area contributed by atoms with Gasteiger partial charge in [-0.15, -0.1) is 0 Å². The summed E-state index contributed by atoms with van der Waals surface area (Å²) in [6, 6.07) is 11.5. The molecule has 5 heteroatoms. The van der Waals surface area contributed by atoms with Crippen LogP contribution in [0.1, 0.15) is 17.2 Å². The average Bonchev–Trinajstić information content (AvgIpc) is 2.51. The van der Waals surface area contributed by atoms with Crippen LogP contribution in [0.4, 0.5) is 0 Å². The Labute approximate surface area is 138 Å². The molecule has 0 saturated heterocycles. The Bertz CT molecular complexity index is 634. The summed E-state index contributed by atoms with van der Waals surface area (Å²) in [4.78, 5) is 0. The topological polar surface area (TPSA) is 30.5 Å². The molecule has 21 heavy (non-hydrogen) atoms. The van der Waals surface area contributed by atoms with E-state index in [2.05, 4.69) is 21.2 Å². The third-order valence-electron chi connectivity index (χ3n) is 3.31. The van der Waals surface area contributed by atoms with Crippen molar-refractivity contribution in [3.8, 4) is 11.5 Å². The predicted octanol–water partition coefficient (Wildman–Crippen LogP) is 4.43. The van der Waals surface area contributed by atoms with Crippen molar-refractivity contribution in [2.24, 2.45) is 0 Å². The van der Waals surface area contributed by atoms with Crippen molar-refractivity contribution in [3.63, 3.8) is 0 Å². The normalized spacial score (nSPS) is 12.0. The first-order valence-electron chi connectivity index (χ1n) is 6.44. The lowest BCUT2D eigenvalue weighted by Crippen LogP contribution is -2.19. The zero-order valence-electron chi connectivity index (χ0n) is 12.1. The highest BCUT2D eigenvalue weighted by atomic mass is 79.9. The maximum Gasteiger partial charge on any atom is 0.127 e. The summed E-state index contributed by atoms with van der Waals surface area (Å²) in [5.74, 6) is 1.52. The van der Waals surface area contributed by atoms with Gasteiger partial charge >= 0.3 is 0 Å². The fourth-order valence-electron chi connectivity index (χ4n) is 2.27. The number of rotatable bonds is 5. The van der Waals surface area contributed by atoms with Gasteiger partial charge in [-0.25, -0.2) is 0 Å². The molecule has 1 atom stereocenters. The second-order valence-corrected chi connectivity index (χ2v) is 5.79. The number of nitrogens with one attached hydrogen (secondary N) is 1. The van der Waals surface area contributed by atoms with Crippen molar-refractivity contribution in [1.29, 1.82) is 0 Å². The molecule has 0 amide bonds. The molecule has 0 aliphatic rings. The SMILES string of the molecule is CNC(c1cc(Cl)ccc1Br)c1ccc(OC)cc1OC. The zero-order chi connectivity index (χ0) is 15.4. The number of halogens is 2. The summed E-state index contributed by atoms with van der Waals surface area (Å²) < 4.78 is 11.7. The third-order valence-corrected chi connectivity index (χ3v) is 4.27. The minimum Gasteiger partial charge on any atom is -0.497 e. The lowest BCUT2D eigenvalue weighted by Gasteiger charge is -2.21. The lowest BCUT2D eigenvalue weighted by atomic mass is 9.98. The molecular weight excluding hydrogens is 354 g/mol. The largest absolute Gasteiger partial charge is 0.497 e. The molecule has 0 fully saturated rings. The van der Waals surface area contributed by atoms with Crippen molar-refractivity contribution >= 4 is 27.5 Å². The van der Waals surface area contributed by atoms with Crippen LogP contribution in [0.15, 0.2) is 40.9 Å². The molecular formula is C16H17BrClNO2. The first kappa shape index (κ1) is 16.1. The summed E-state index contributed by atoms with van der Waals surface area (Å²) in [7, 11) is 5.19. The number of hydrogen-bond donors (Lipinski definition) is 1. The average molecular weight is 371 g/mol. The molecule has 2 aromatic rings. The Hall–Kier alpha value is -1.23. The van der Waals surface area contributed by atoms with Crippen LogP contribution in [-0.4, -0.2) is 21.3 Å². The molecule has 1 N–H and O–H groups in total. The van der Waals surface area contributed by atoms with Crippen molar-refractivity contribution < 1.29 is 9.47 Å². The van der Waals surface area contributed by atoms with Crippen LogP contribution < -0.4 is 14.8 Å². The molecule has 0 aromatic heterocycles. The van der Waals surface area contributed by atoms with Crippen LogP contribution in [0, 0.1) is 0 Å². The van der Waals surface area contributed by atoms with Crippen LogP contribution in [0.25, 0.3) is 0 Å². The lowest BCUT2D eigenvalue weighted by molar-refractivity contribution is 0.388. The van der Waals surface area contributed by atoms with Crippen LogP contribution in [-0.2, 0) is 0 Å². The summed E-state index contributed by atoms with van der Waals surface area (Å²) >= 11 is 9.71. The van der Waals surface area contributed by atoms with Gasteiger partial charge in [0, 0.05) is 21.1 Å². The monoisotopic (exact) mass is 369 g/mol. The minimum absolute atomic E-state index is 0.0427. The van der Waals surface area contributed by atoms with Crippen molar-refractivity contribution in [1.82, 2.24) is 5.32 Å². The molecule has 0 bridgehead atoms. The van der Waals surface area contributed by atoms with Crippen LogP contribution in [0.2, 0.25) is 5.02 Å². The molecule has 0 spiro atoms. The van der Waals surface area contributed by atoms with Crippen LogP contribution >= 0.6 is 27.5 Å².